The van der Waals surface area contributed by atoms with Crippen molar-refractivity contribution in [1.82, 2.24) is 20.1 Å². The molecule has 0 aliphatic rings. The lowest BCUT2D eigenvalue weighted by molar-refractivity contribution is 0.0955. The van der Waals surface area contributed by atoms with E-state index >= 15 is 0 Å². The van der Waals surface area contributed by atoms with Crippen LogP contribution in [-0.4, -0.2) is 20.7 Å². The highest BCUT2D eigenvalue weighted by atomic mass is 32.1. The van der Waals surface area contributed by atoms with Crippen molar-refractivity contribution in [3.8, 4) is 9.88 Å². The summed E-state index contributed by atoms with van der Waals surface area (Å²) in [7, 11) is 0. The van der Waals surface area contributed by atoms with E-state index in [4.69, 9.17) is 0 Å². The number of carbonyl (C=O) groups is 1. The molecule has 148 valence electrons. The number of thiazole rings is 1. The lowest BCUT2D eigenvalue weighted by Gasteiger charge is -2.06. The van der Waals surface area contributed by atoms with Gasteiger partial charge in [0.25, 0.3) is 5.91 Å². The SMILES string of the molecule is O=C(NCc1ccc(Cn2cccn2)cc1)c1ccc(-c2nc3ccccc3s2)s1. The molecular weight excluding hydrogens is 412 g/mol. The molecule has 0 atom stereocenters. The summed E-state index contributed by atoms with van der Waals surface area (Å²) in [5.41, 5.74) is 3.23. The number of thiophene rings is 1. The van der Waals surface area contributed by atoms with Gasteiger partial charge in [0.1, 0.15) is 5.01 Å². The summed E-state index contributed by atoms with van der Waals surface area (Å²) in [6, 6.07) is 22.1. The van der Waals surface area contributed by atoms with Gasteiger partial charge in [0.15, 0.2) is 0 Å². The Balaban J connectivity index is 1.21. The lowest BCUT2D eigenvalue weighted by atomic mass is 10.1. The zero-order valence-electron chi connectivity index (χ0n) is 16.0. The van der Waals surface area contributed by atoms with Gasteiger partial charge in [0.05, 0.1) is 26.5 Å². The largest absolute Gasteiger partial charge is 0.347 e. The molecule has 0 bridgehead atoms. The third-order valence-electron chi connectivity index (χ3n) is 4.71. The molecule has 3 aromatic heterocycles. The fraction of sp³-hybridized carbons (Fsp3) is 0.0870. The Morgan fingerprint density at radius 3 is 2.57 bits per heavy atom. The first kappa shape index (κ1) is 18.7. The molecule has 0 aliphatic heterocycles. The van der Waals surface area contributed by atoms with E-state index in [0.29, 0.717) is 11.4 Å². The van der Waals surface area contributed by atoms with Gasteiger partial charge < -0.3 is 5.32 Å². The van der Waals surface area contributed by atoms with Gasteiger partial charge in [-0.25, -0.2) is 4.98 Å². The summed E-state index contributed by atoms with van der Waals surface area (Å²) in [5.74, 6) is -0.0621. The van der Waals surface area contributed by atoms with Gasteiger partial charge in [0.2, 0.25) is 0 Å². The average molecular weight is 431 g/mol. The zero-order valence-corrected chi connectivity index (χ0v) is 17.6. The molecule has 0 radical (unpaired) electrons. The Labute approximate surface area is 181 Å². The van der Waals surface area contributed by atoms with E-state index in [9.17, 15) is 4.79 Å². The molecule has 7 heteroatoms. The Hall–Kier alpha value is -3.29. The first-order valence-corrected chi connectivity index (χ1v) is 11.2. The number of nitrogens with one attached hydrogen (secondary N) is 1. The number of aromatic nitrogens is 3. The van der Waals surface area contributed by atoms with Gasteiger partial charge in [-0.3, -0.25) is 9.48 Å². The van der Waals surface area contributed by atoms with Gasteiger partial charge in [-0.1, -0.05) is 36.4 Å². The quantitative estimate of drug-likeness (QED) is 0.403. The van der Waals surface area contributed by atoms with Crippen LogP contribution in [0.2, 0.25) is 0 Å². The number of para-hydroxylation sites is 1. The van der Waals surface area contributed by atoms with Crippen molar-refractivity contribution < 1.29 is 4.79 Å². The smallest absolute Gasteiger partial charge is 0.261 e. The fourth-order valence-corrected chi connectivity index (χ4v) is 5.11. The number of amides is 1. The summed E-state index contributed by atoms with van der Waals surface area (Å²) in [4.78, 5) is 19.0. The molecule has 1 amide bonds. The predicted octanol–water partition coefficient (Wildman–Crippen LogP) is 5.20. The van der Waals surface area contributed by atoms with Gasteiger partial charge in [-0.05, 0) is 41.5 Å². The molecule has 0 aliphatic carbocycles. The maximum Gasteiger partial charge on any atom is 0.261 e. The van der Waals surface area contributed by atoms with E-state index in [1.165, 1.54) is 16.9 Å². The topological polar surface area (TPSA) is 59.8 Å². The number of benzene rings is 2. The Kier molecular flexibility index (Phi) is 5.13. The van der Waals surface area contributed by atoms with Crippen LogP contribution in [0.4, 0.5) is 0 Å². The minimum atomic E-state index is -0.0621. The van der Waals surface area contributed by atoms with E-state index in [1.54, 1.807) is 17.5 Å². The highest BCUT2D eigenvalue weighted by Crippen LogP contribution is 2.34. The molecular formula is C23H18N4OS2. The van der Waals surface area contributed by atoms with E-state index in [1.807, 2.05) is 59.4 Å². The first-order chi connectivity index (χ1) is 14.7. The van der Waals surface area contributed by atoms with E-state index < -0.39 is 0 Å². The normalized spacial score (nSPS) is 11.1. The summed E-state index contributed by atoms with van der Waals surface area (Å²) in [6.45, 7) is 1.23. The van der Waals surface area contributed by atoms with Crippen LogP contribution in [0, 0.1) is 0 Å². The average Bonchev–Trinajstić information content (AvgIpc) is 3.53. The molecule has 1 N–H and O–H groups in total. The van der Waals surface area contributed by atoms with Crippen LogP contribution in [0.1, 0.15) is 20.8 Å². The summed E-state index contributed by atoms with van der Waals surface area (Å²) >= 11 is 3.12. The molecule has 5 rings (SSSR count). The second kappa shape index (κ2) is 8.22. The summed E-state index contributed by atoms with van der Waals surface area (Å²) in [6.07, 6.45) is 3.72. The summed E-state index contributed by atoms with van der Waals surface area (Å²) < 4.78 is 3.04. The van der Waals surface area contributed by atoms with Crippen LogP contribution < -0.4 is 5.32 Å². The Bertz CT molecular complexity index is 1250. The van der Waals surface area contributed by atoms with E-state index in [2.05, 4.69) is 33.6 Å². The monoisotopic (exact) mass is 430 g/mol. The zero-order chi connectivity index (χ0) is 20.3. The molecule has 2 aromatic carbocycles. The molecule has 0 fully saturated rings. The third kappa shape index (κ3) is 4.03. The molecule has 0 saturated carbocycles. The number of fused-ring (bicyclic) bond motifs is 1. The van der Waals surface area contributed by atoms with Gasteiger partial charge in [-0.2, -0.15) is 5.10 Å². The van der Waals surface area contributed by atoms with Crippen molar-refractivity contribution in [3.63, 3.8) is 0 Å². The van der Waals surface area contributed by atoms with Crippen LogP contribution in [0.25, 0.3) is 20.1 Å². The lowest BCUT2D eigenvalue weighted by Crippen LogP contribution is -2.21. The number of nitrogens with zero attached hydrogens (tertiary/aromatic N) is 3. The Morgan fingerprint density at radius 2 is 1.77 bits per heavy atom. The van der Waals surface area contributed by atoms with Crippen molar-refractivity contribution in [2.24, 2.45) is 0 Å². The van der Waals surface area contributed by atoms with Crippen molar-refractivity contribution in [3.05, 3.63) is 95.1 Å². The second-order valence-corrected chi connectivity index (χ2v) is 8.97. The molecule has 0 unspecified atom stereocenters. The third-order valence-corrected chi connectivity index (χ3v) is 7.00. The number of carbonyl (C=O) groups excluding carboxylic acids is 1. The molecule has 5 aromatic rings. The number of rotatable bonds is 6. The molecule has 0 saturated heterocycles. The maximum absolute atomic E-state index is 12.6. The van der Waals surface area contributed by atoms with Crippen molar-refractivity contribution >= 4 is 38.8 Å². The van der Waals surface area contributed by atoms with Crippen molar-refractivity contribution in [2.45, 2.75) is 13.1 Å². The van der Waals surface area contributed by atoms with Crippen LogP contribution in [0.15, 0.2) is 79.1 Å². The van der Waals surface area contributed by atoms with Gasteiger partial charge in [-0.15, -0.1) is 22.7 Å². The van der Waals surface area contributed by atoms with Crippen LogP contribution >= 0.6 is 22.7 Å². The minimum Gasteiger partial charge on any atom is -0.347 e. The molecule has 0 spiro atoms. The molecule has 30 heavy (non-hydrogen) atoms. The predicted molar refractivity (Wildman–Crippen MR) is 122 cm³/mol. The van der Waals surface area contributed by atoms with Gasteiger partial charge >= 0.3 is 0 Å². The summed E-state index contributed by atoms with van der Waals surface area (Å²) in [5, 5.41) is 8.18. The highest BCUT2D eigenvalue weighted by Gasteiger charge is 2.13. The van der Waals surface area contributed by atoms with Crippen LogP contribution in [0.5, 0.6) is 0 Å². The van der Waals surface area contributed by atoms with E-state index in [0.717, 1.165) is 32.2 Å². The molecule has 3 heterocycles. The Morgan fingerprint density at radius 1 is 0.933 bits per heavy atom. The maximum atomic E-state index is 12.6. The van der Waals surface area contributed by atoms with E-state index in [-0.39, 0.29) is 5.91 Å². The fourth-order valence-electron chi connectivity index (χ4n) is 3.17. The molecule has 5 nitrogen and oxygen atoms in total. The second-order valence-electron chi connectivity index (χ2n) is 6.85. The van der Waals surface area contributed by atoms with Crippen LogP contribution in [-0.2, 0) is 13.1 Å². The number of hydrogen-bond acceptors (Lipinski definition) is 5. The number of hydrogen-bond donors (Lipinski definition) is 1. The first-order valence-electron chi connectivity index (χ1n) is 9.54. The standard InChI is InChI=1S/C23H18N4OS2/c28-22(24-14-16-6-8-17(9-7-16)15-27-13-3-12-25-27)20-10-11-21(29-20)23-26-18-4-1-2-5-19(18)30-23/h1-13H,14-15H2,(H,24,28). The minimum absolute atomic E-state index is 0.0621. The highest BCUT2D eigenvalue weighted by molar-refractivity contribution is 7.26. The van der Waals surface area contributed by atoms with Crippen molar-refractivity contribution in [2.75, 3.05) is 0 Å². The van der Waals surface area contributed by atoms with Crippen molar-refractivity contribution in [1.29, 1.82) is 0 Å². The van der Waals surface area contributed by atoms with Crippen LogP contribution in [0.3, 0.4) is 0 Å². The van der Waals surface area contributed by atoms with Gasteiger partial charge in [0, 0.05) is 18.9 Å².